The Morgan fingerprint density at radius 2 is 1.77 bits per heavy atom. The molecule has 1 aliphatic rings. The average Bonchev–Trinajstić information content (AvgIpc) is 3.33. The smallest absolute Gasteiger partial charge is 0.338 e. The maximum absolute atomic E-state index is 14.1. The lowest BCUT2D eigenvalue weighted by Gasteiger charge is -2.25. The fourth-order valence-corrected chi connectivity index (χ4v) is 6.94. The molecule has 0 spiro atoms. The van der Waals surface area contributed by atoms with Crippen LogP contribution in [0.25, 0.3) is 16.8 Å². The number of ether oxygens (including phenoxy) is 2. The van der Waals surface area contributed by atoms with Crippen LogP contribution in [-0.4, -0.2) is 17.6 Å². The van der Waals surface area contributed by atoms with Gasteiger partial charge in [-0.3, -0.25) is 9.36 Å². The van der Waals surface area contributed by atoms with E-state index >= 15 is 0 Å². The molecule has 6 nitrogen and oxygen atoms in total. The highest BCUT2D eigenvalue weighted by Gasteiger charge is 2.33. The van der Waals surface area contributed by atoms with Crippen molar-refractivity contribution in [1.82, 2.24) is 4.57 Å². The van der Waals surface area contributed by atoms with E-state index in [1.165, 1.54) is 18.4 Å². The molecule has 0 amide bonds. The largest absolute Gasteiger partial charge is 0.487 e. The van der Waals surface area contributed by atoms with Gasteiger partial charge in [-0.05, 0) is 46.5 Å². The fraction of sp³-hybridized carbons (Fsp3) is 0.147. The molecule has 0 aliphatic carbocycles. The predicted octanol–water partition coefficient (Wildman–Crippen LogP) is 6.84. The first-order valence-corrected chi connectivity index (χ1v) is 15.2. The zero-order chi connectivity index (χ0) is 30.1. The number of aromatic nitrogens is 1. The number of fused-ring (bicyclic) bond motifs is 2. The Morgan fingerprint density at radius 3 is 2.53 bits per heavy atom. The van der Waals surface area contributed by atoms with E-state index in [-0.39, 0.29) is 12.2 Å². The normalized spacial score (nSPS) is 14.9. The third-order valence-electron chi connectivity index (χ3n) is 7.34. The van der Waals surface area contributed by atoms with Crippen molar-refractivity contribution in [3.63, 3.8) is 0 Å². The van der Waals surface area contributed by atoms with Crippen LogP contribution in [-0.2, 0) is 16.1 Å². The van der Waals surface area contributed by atoms with Crippen LogP contribution in [0.1, 0.15) is 36.1 Å². The Labute approximate surface area is 261 Å². The molecule has 0 N–H and O–H groups in total. The second kappa shape index (κ2) is 12.2. The summed E-state index contributed by atoms with van der Waals surface area (Å²) in [5, 5.41) is 2.93. The van der Waals surface area contributed by atoms with E-state index in [0.29, 0.717) is 48.4 Å². The van der Waals surface area contributed by atoms with Gasteiger partial charge in [-0.1, -0.05) is 114 Å². The summed E-state index contributed by atoms with van der Waals surface area (Å²) in [4.78, 5) is 32.3. The van der Waals surface area contributed by atoms with E-state index in [9.17, 15) is 9.59 Å². The summed E-state index contributed by atoms with van der Waals surface area (Å²) < 4.78 is 13.4. The zero-order valence-electron chi connectivity index (χ0n) is 23.3. The molecule has 4 aromatic carbocycles. The van der Waals surface area contributed by atoms with Crippen molar-refractivity contribution in [2.45, 2.75) is 26.0 Å². The van der Waals surface area contributed by atoms with Crippen molar-refractivity contribution in [1.29, 1.82) is 0 Å². The van der Waals surface area contributed by atoms with Gasteiger partial charge in [0.05, 0.1) is 34.0 Å². The first-order chi connectivity index (χ1) is 20.9. The summed E-state index contributed by atoms with van der Waals surface area (Å²) in [5.41, 5.74) is 2.96. The van der Waals surface area contributed by atoms with Crippen LogP contribution in [0.15, 0.2) is 106 Å². The van der Waals surface area contributed by atoms with Gasteiger partial charge in [-0.2, -0.15) is 0 Å². The lowest BCUT2D eigenvalue weighted by Crippen LogP contribution is -2.40. The highest BCUT2D eigenvalue weighted by atomic mass is 35.5. The summed E-state index contributed by atoms with van der Waals surface area (Å²) in [6.45, 7) is 2.19. The first-order valence-electron chi connectivity index (χ1n) is 13.7. The monoisotopic (exact) mass is 628 g/mol. The molecule has 2 heterocycles. The number of rotatable bonds is 7. The molecular formula is C34H26Cl2N2O4S. The van der Waals surface area contributed by atoms with Gasteiger partial charge in [0, 0.05) is 10.6 Å². The quantitative estimate of drug-likeness (QED) is 0.185. The second-order valence-corrected chi connectivity index (χ2v) is 11.8. The minimum atomic E-state index is -0.688. The number of carbonyl (C=O) groups is 1. The highest BCUT2D eigenvalue weighted by Crippen LogP contribution is 2.35. The minimum absolute atomic E-state index is 0.265. The van der Waals surface area contributed by atoms with Gasteiger partial charge in [0.2, 0.25) is 0 Å². The van der Waals surface area contributed by atoms with E-state index in [1.807, 2.05) is 61.5 Å². The number of esters is 1. The molecule has 9 heteroatoms. The number of carbonyl (C=O) groups excluding carboxylic acids is 1. The van der Waals surface area contributed by atoms with Gasteiger partial charge < -0.3 is 9.47 Å². The molecule has 1 aromatic heterocycles. The highest BCUT2D eigenvalue weighted by molar-refractivity contribution is 7.07. The summed E-state index contributed by atoms with van der Waals surface area (Å²) in [7, 11) is 1.33. The fourth-order valence-electron chi connectivity index (χ4n) is 5.36. The second-order valence-electron chi connectivity index (χ2n) is 9.93. The van der Waals surface area contributed by atoms with Crippen LogP contribution < -0.4 is 19.6 Å². The molecule has 6 rings (SSSR count). The third kappa shape index (κ3) is 5.52. The molecule has 216 valence electrons. The first kappa shape index (κ1) is 28.9. The Balaban J connectivity index is 1.48. The molecule has 0 radical (unpaired) electrons. The van der Waals surface area contributed by atoms with Crippen LogP contribution in [0.2, 0.25) is 10.0 Å². The van der Waals surface area contributed by atoms with Crippen LogP contribution >= 0.6 is 34.5 Å². The number of methoxy groups -OCH3 is 1. The Morgan fingerprint density at radius 1 is 1.02 bits per heavy atom. The Kier molecular flexibility index (Phi) is 8.21. The summed E-state index contributed by atoms with van der Waals surface area (Å²) in [5.74, 6) is -0.108. The molecule has 5 aromatic rings. The number of hydrogen-bond donors (Lipinski definition) is 0. The molecular weight excluding hydrogens is 603 g/mol. The molecule has 0 saturated carbocycles. The third-order valence-corrected chi connectivity index (χ3v) is 8.82. The van der Waals surface area contributed by atoms with E-state index in [2.05, 4.69) is 18.2 Å². The molecule has 0 unspecified atom stereocenters. The lowest BCUT2D eigenvalue weighted by atomic mass is 9.95. The predicted molar refractivity (Wildman–Crippen MR) is 172 cm³/mol. The van der Waals surface area contributed by atoms with Crippen molar-refractivity contribution in [2.24, 2.45) is 4.99 Å². The van der Waals surface area contributed by atoms with Crippen molar-refractivity contribution in [3.8, 4) is 5.75 Å². The number of benzene rings is 4. The SMILES string of the molecule is CCC1=C(C(=O)OC)[C@@H](c2ccccc2)n2c(s/c(=C/c3cc(Cl)cc(Cl)c3OCc3cccc4ccccc34)c2=O)=N1. The Bertz CT molecular complexity index is 2080. The molecule has 0 fully saturated rings. The van der Waals surface area contributed by atoms with Crippen molar-refractivity contribution < 1.29 is 14.3 Å². The topological polar surface area (TPSA) is 69.9 Å². The van der Waals surface area contributed by atoms with Crippen LogP contribution in [0, 0.1) is 0 Å². The maximum Gasteiger partial charge on any atom is 0.338 e. The van der Waals surface area contributed by atoms with Crippen LogP contribution in [0.4, 0.5) is 0 Å². The van der Waals surface area contributed by atoms with Crippen molar-refractivity contribution in [3.05, 3.63) is 143 Å². The van der Waals surface area contributed by atoms with E-state index in [4.69, 9.17) is 37.7 Å². The number of thiazole rings is 1. The van der Waals surface area contributed by atoms with Gasteiger partial charge in [-0.15, -0.1) is 0 Å². The van der Waals surface area contributed by atoms with Crippen molar-refractivity contribution >= 4 is 57.4 Å². The van der Waals surface area contributed by atoms with Gasteiger partial charge in [-0.25, -0.2) is 9.79 Å². The minimum Gasteiger partial charge on any atom is -0.487 e. The maximum atomic E-state index is 14.1. The molecule has 1 aliphatic heterocycles. The van der Waals surface area contributed by atoms with Gasteiger partial charge >= 0.3 is 5.97 Å². The Hall–Kier alpha value is -4.17. The van der Waals surface area contributed by atoms with Crippen LogP contribution in [0.5, 0.6) is 5.75 Å². The zero-order valence-corrected chi connectivity index (χ0v) is 25.7. The number of hydrogen-bond acceptors (Lipinski definition) is 6. The number of halogens is 2. The average molecular weight is 630 g/mol. The van der Waals surface area contributed by atoms with E-state index in [0.717, 1.165) is 21.9 Å². The van der Waals surface area contributed by atoms with Gasteiger partial charge in [0.25, 0.3) is 5.56 Å². The molecule has 1 atom stereocenters. The standard InChI is InChI=1S/C34H26Cl2N2O4S/c1-3-27-29(33(40)41-2)30(21-11-5-4-6-12-21)38-32(39)28(43-34(38)37-27)17-23-16-24(35)18-26(36)31(23)42-19-22-14-9-13-20-10-7-8-15-25(20)22/h4-18,30H,3,19H2,1-2H3/b28-17+/t30-/m1/s1. The summed E-state index contributed by atoms with van der Waals surface area (Å²) >= 11 is 14.3. The van der Waals surface area contributed by atoms with E-state index in [1.54, 1.807) is 22.8 Å². The number of allylic oxidation sites excluding steroid dienone is 1. The van der Waals surface area contributed by atoms with Crippen molar-refractivity contribution in [2.75, 3.05) is 7.11 Å². The summed E-state index contributed by atoms with van der Waals surface area (Å²) in [6.07, 6.45) is 2.21. The summed E-state index contributed by atoms with van der Waals surface area (Å²) in [6, 6.07) is 26.2. The molecule has 43 heavy (non-hydrogen) atoms. The van der Waals surface area contributed by atoms with Gasteiger partial charge in [0.1, 0.15) is 12.4 Å². The van der Waals surface area contributed by atoms with Gasteiger partial charge in [0.15, 0.2) is 4.80 Å². The lowest BCUT2D eigenvalue weighted by molar-refractivity contribution is -0.136. The molecule has 0 bridgehead atoms. The van der Waals surface area contributed by atoms with E-state index < -0.39 is 12.0 Å². The van der Waals surface area contributed by atoms with Crippen LogP contribution in [0.3, 0.4) is 0 Å². The molecule has 0 saturated heterocycles. The number of nitrogens with zero attached hydrogens (tertiary/aromatic N) is 2.